The van der Waals surface area contributed by atoms with Gasteiger partial charge in [0.05, 0.1) is 19.3 Å². The van der Waals surface area contributed by atoms with Gasteiger partial charge in [0.1, 0.15) is 0 Å². The lowest BCUT2D eigenvalue weighted by molar-refractivity contribution is -0.140. The minimum Gasteiger partial charge on any atom is -0.377 e. The molecule has 104 valence electrons. The second-order valence-electron chi connectivity index (χ2n) is 5.41. The van der Waals surface area contributed by atoms with Crippen molar-refractivity contribution in [1.29, 1.82) is 0 Å². The van der Waals surface area contributed by atoms with Crippen molar-refractivity contribution in [3.8, 4) is 0 Å². The molecule has 0 aromatic rings. The fourth-order valence-corrected chi connectivity index (χ4v) is 2.93. The van der Waals surface area contributed by atoms with E-state index >= 15 is 0 Å². The summed E-state index contributed by atoms with van der Waals surface area (Å²) in [6, 6.07) is 0.856. The summed E-state index contributed by atoms with van der Waals surface area (Å²) in [4.78, 5) is 14.3. The van der Waals surface area contributed by atoms with Crippen LogP contribution in [-0.2, 0) is 9.53 Å². The third-order valence-corrected chi connectivity index (χ3v) is 4.14. The SMILES string of the molecule is CCC1COCCN1C(=O)CCC1CCCCN1. The van der Waals surface area contributed by atoms with E-state index in [9.17, 15) is 4.79 Å². The molecule has 2 fully saturated rings. The maximum atomic E-state index is 12.3. The van der Waals surface area contributed by atoms with Gasteiger partial charge in [0, 0.05) is 19.0 Å². The van der Waals surface area contributed by atoms with Crippen LogP contribution in [-0.4, -0.2) is 49.2 Å². The third kappa shape index (κ3) is 3.69. The summed E-state index contributed by atoms with van der Waals surface area (Å²) in [7, 11) is 0. The molecule has 18 heavy (non-hydrogen) atoms. The Morgan fingerprint density at radius 2 is 2.33 bits per heavy atom. The van der Waals surface area contributed by atoms with E-state index in [2.05, 4.69) is 12.2 Å². The summed E-state index contributed by atoms with van der Waals surface area (Å²) in [5.74, 6) is 0.317. The summed E-state index contributed by atoms with van der Waals surface area (Å²) in [6.07, 6.45) is 6.49. The van der Waals surface area contributed by atoms with Crippen molar-refractivity contribution in [2.45, 2.75) is 57.5 Å². The Hall–Kier alpha value is -0.610. The van der Waals surface area contributed by atoms with Crippen LogP contribution in [0, 0.1) is 0 Å². The number of carbonyl (C=O) groups is 1. The number of morpholine rings is 1. The molecule has 1 N–H and O–H groups in total. The van der Waals surface area contributed by atoms with Crippen molar-refractivity contribution in [3.05, 3.63) is 0 Å². The number of carbonyl (C=O) groups excluding carboxylic acids is 1. The summed E-state index contributed by atoms with van der Waals surface area (Å²) in [5.41, 5.74) is 0. The second-order valence-corrected chi connectivity index (χ2v) is 5.41. The molecule has 2 aliphatic rings. The highest BCUT2D eigenvalue weighted by Gasteiger charge is 2.26. The van der Waals surface area contributed by atoms with E-state index in [0.29, 0.717) is 37.6 Å². The number of nitrogens with zero attached hydrogens (tertiary/aromatic N) is 1. The minimum atomic E-state index is 0.297. The lowest BCUT2D eigenvalue weighted by Gasteiger charge is -2.35. The van der Waals surface area contributed by atoms with E-state index in [1.165, 1.54) is 19.3 Å². The first-order valence-electron chi connectivity index (χ1n) is 7.42. The van der Waals surface area contributed by atoms with Gasteiger partial charge < -0.3 is 15.0 Å². The molecule has 2 heterocycles. The Labute approximate surface area is 110 Å². The van der Waals surface area contributed by atoms with Gasteiger partial charge in [0.25, 0.3) is 0 Å². The van der Waals surface area contributed by atoms with Crippen LogP contribution in [0.5, 0.6) is 0 Å². The standard InChI is InChI=1S/C14H26N2O2/c1-2-13-11-18-10-9-16(13)14(17)7-6-12-5-3-4-8-15-12/h12-13,15H,2-11H2,1H3. The maximum Gasteiger partial charge on any atom is 0.223 e. The molecule has 2 atom stereocenters. The summed E-state index contributed by atoms with van der Waals surface area (Å²) in [5, 5.41) is 3.51. The molecule has 2 rings (SSSR count). The van der Waals surface area contributed by atoms with Crippen molar-refractivity contribution in [1.82, 2.24) is 10.2 Å². The van der Waals surface area contributed by atoms with Crippen LogP contribution < -0.4 is 5.32 Å². The molecule has 2 saturated heterocycles. The Bertz CT molecular complexity index is 265. The highest BCUT2D eigenvalue weighted by atomic mass is 16.5. The predicted molar refractivity (Wildman–Crippen MR) is 71.5 cm³/mol. The summed E-state index contributed by atoms with van der Waals surface area (Å²) >= 11 is 0. The summed E-state index contributed by atoms with van der Waals surface area (Å²) in [6.45, 7) is 5.43. The zero-order chi connectivity index (χ0) is 12.8. The molecule has 1 amide bonds. The van der Waals surface area contributed by atoms with Gasteiger partial charge in [0.2, 0.25) is 5.91 Å². The molecule has 2 unspecified atom stereocenters. The highest BCUT2D eigenvalue weighted by molar-refractivity contribution is 5.76. The van der Waals surface area contributed by atoms with E-state index < -0.39 is 0 Å². The van der Waals surface area contributed by atoms with Gasteiger partial charge in [0.15, 0.2) is 0 Å². The maximum absolute atomic E-state index is 12.3. The quantitative estimate of drug-likeness (QED) is 0.827. The highest BCUT2D eigenvalue weighted by Crippen LogP contribution is 2.16. The second kappa shape index (κ2) is 7.10. The van der Waals surface area contributed by atoms with Gasteiger partial charge >= 0.3 is 0 Å². The molecular weight excluding hydrogens is 228 g/mol. The number of hydrogen-bond donors (Lipinski definition) is 1. The number of rotatable bonds is 4. The van der Waals surface area contributed by atoms with Gasteiger partial charge in [-0.05, 0) is 32.2 Å². The normalized spacial score (nSPS) is 29.3. The molecule has 0 aliphatic carbocycles. The van der Waals surface area contributed by atoms with E-state index in [0.717, 1.165) is 25.9 Å². The largest absolute Gasteiger partial charge is 0.377 e. The van der Waals surface area contributed by atoms with E-state index in [1.54, 1.807) is 0 Å². The molecule has 2 aliphatic heterocycles. The van der Waals surface area contributed by atoms with Crippen molar-refractivity contribution < 1.29 is 9.53 Å². The topological polar surface area (TPSA) is 41.6 Å². The first-order chi connectivity index (χ1) is 8.81. The smallest absolute Gasteiger partial charge is 0.223 e. The van der Waals surface area contributed by atoms with Crippen LogP contribution in [0.2, 0.25) is 0 Å². The van der Waals surface area contributed by atoms with Gasteiger partial charge in [-0.3, -0.25) is 4.79 Å². The monoisotopic (exact) mass is 254 g/mol. The third-order valence-electron chi connectivity index (χ3n) is 4.14. The van der Waals surface area contributed by atoms with Gasteiger partial charge in [-0.25, -0.2) is 0 Å². The first kappa shape index (κ1) is 13.8. The van der Waals surface area contributed by atoms with Crippen molar-refractivity contribution in [2.75, 3.05) is 26.3 Å². The van der Waals surface area contributed by atoms with E-state index in [-0.39, 0.29) is 0 Å². The lowest BCUT2D eigenvalue weighted by atomic mass is 10.00. The molecule has 4 heteroatoms. The van der Waals surface area contributed by atoms with Crippen LogP contribution >= 0.6 is 0 Å². The zero-order valence-corrected chi connectivity index (χ0v) is 11.5. The number of nitrogens with one attached hydrogen (secondary N) is 1. The fraction of sp³-hybridized carbons (Fsp3) is 0.929. The van der Waals surface area contributed by atoms with Crippen LogP contribution in [0.15, 0.2) is 0 Å². The molecule has 0 radical (unpaired) electrons. The van der Waals surface area contributed by atoms with Gasteiger partial charge in [-0.1, -0.05) is 13.3 Å². The first-order valence-corrected chi connectivity index (χ1v) is 7.42. The summed E-state index contributed by atoms with van der Waals surface area (Å²) < 4.78 is 5.44. The van der Waals surface area contributed by atoms with Crippen LogP contribution in [0.3, 0.4) is 0 Å². The predicted octanol–water partition coefficient (Wildman–Crippen LogP) is 1.55. The Balaban J connectivity index is 1.75. The van der Waals surface area contributed by atoms with E-state index in [1.807, 2.05) is 4.90 Å². The number of amides is 1. The molecule has 0 spiro atoms. The van der Waals surface area contributed by atoms with Crippen molar-refractivity contribution in [2.24, 2.45) is 0 Å². The van der Waals surface area contributed by atoms with Crippen LogP contribution in [0.4, 0.5) is 0 Å². The molecule has 0 saturated carbocycles. The molecular formula is C14H26N2O2. The number of piperidine rings is 1. The molecule has 0 bridgehead atoms. The zero-order valence-electron chi connectivity index (χ0n) is 11.5. The molecule has 0 aromatic heterocycles. The van der Waals surface area contributed by atoms with Gasteiger partial charge in [-0.15, -0.1) is 0 Å². The minimum absolute atomic E-state index is 0.297. The number of hydrogen-bond acceptors (Lipinski definition) is 3. The van der Waals surface area contributed by atoms with Gasteiger partial charge in [-0.2, -0.15) is 0 Å². The molecule has 0 aromatic carbocycles. The average Bonchev–Trinajstić information content (AvgIpc) is 2.45. The Kier molecular flexibility index (Phi) is 5.45. The fourth-order valence-electron chi connectivity index (χ4n) is 2.93. The van der Waals surface area contributed by atoms with Crippen molar-refractivity contribution >= 4 is 5.91 Å². The Morgan fingerprint density at radius 1 is 1.44 bits per heavy atom. The number of ether oxygens (including phenoxy) is 1. The van der Waals surface area contributed by atoms with Crippen LogP contribution in [0.25, 0.3) is 0 Å². The van der Waals surface area contributed by atoms with Crippen molar-refractivity contribution in [3.63, 3.8) is 0 Å². The molecule has 4 nitrogen and oxygen atoms in total. The van der Waals surface area contributed by atoms with E-state index in [4.69, 9.17) is 4.74 Å². The average molecular weight is 254 g/mol. The van der Waals surface area contributed by atoms with Crippen LogP contribution in [0.1, 0.15) is 45.4 Å². The Morgan fingerprint density at radius 3 is 3.06 bits per heavy atom. The lowest BCUT2D eigenvalue weighted by Crippen LogP contribution is -2.48.